The highest BCUT2D eigenvalue weighted by Crippen LogP contribution is 2.27. The molecule has 192 valence electrons. The van der Waals surface area contributed by atoms with Crippen LogP contribution in [0.2, 0.25) is 0 Å². The lowest BCUT2D eigenvalue weighted by Crippen LogP contribution is -2.52. The van der Waals surface area contributed by atoms with Crippen LogP contribution in [0, 0.1) is 5.92 Å². The molecule has 2 fully saturated rings. The summed E-state index contributed by atoms with van der Waals surface area (Å²) < 4.78 is 5.90. The summed E-state index contributed by atoms with van der Waals surface area (Å²) in [5.41, 5.74) is 3.37. The molecule has 1 aliphatic carbocycles. The molecular formula is C30H39N3O3. The van der Waals surface area contributed by atoms with Crippen LogP contribution in [0.25, 0.3) is 0 Å². The molecule has 0 bridgehead atoms. The van der Waals surface area contributed by atoms with Crippen molar-refractivity contribution in [1.29, 1.82) is 0 Å². The van der Waals surface area contributed by atoms with E-state index >= 15 is 0 Å². The second-order valence-corrected chi connectivity index (χ2v) is 10.5. The number of fused-ring (bicyclic) bond motifs is 1. The molecule has 0 spiro atoms. The van der Waals surface area contributed by atoms with Crippen molar-refractivity contribution in [3.05, 3.63) is 65.2 Å². The Balaban J connectivity index is 1.05. The summed E-state index contributed by atoms with van der Waals surface area (Å²) in [6, 6.07) is 16.0. The van der Waals surface area contributed by atoms with E-state index in [1.807, 2.05) is 34.1 Å². The van der Waals surface area contributed by atoms with Crippen LogP contribution in [0.15, 0.2) is 48.5 Å². The van der Waals surface area contributed by atoms with Crippen molar-refractivity contribution >= 4 is 11.8 Å². The predicted molar refractivity (Wildman–Crippen MR) is 141 cm³/mol. The molecule has 2 aliphatic heterocycles. The van der Waals surface area contributed by atoms with Crippen LogP contribution in [0.4, 0.5) is 0 Å². The summed E-state index contributed by atoms with van der Waals surface area (Å²) in [6.45, 7) is 6.63. The molecule has 0 N–H and O–H groups in total. The Kier molecular flexibility index (Phi) is 8.22. The maximum absolute atomic E-state index is 13.2. The number of ether oxygens (including phenoxy) is 1. The smallest absolute Gasteiger partial charge is 0.253 e. The zero-order chi connectivity index (χ0) is 24.7. The molecule has 0 saturated carbocycles. The van der Waals surface area contributed by atoms with Gasteiger partial charge >= 0.3 is 0 Å². The number of rotatable bonds is 7. The lowest BCUT2D eigenvalue weighted by atomic mass is 9.83. The number of carbonyl (C=O) groups is 2. The molecule has 5 rings (SSSR count). The topological polar surface area (TPSA) is 53.1 Å². The van der Waals surface area contributed by atoms with Crippen molar-refractivity contribution in [3.63, 3.8) is 0 Å². The average Bonchev–Trinajstić information content (AvgIpc) is 2.95. The minimum atomic E-state index is 0.0327. The fourth-order valence-electron chi connectivity index (χ4n) is 5.83. The zero-order valence-corrected chi connectivity index (χ0v) is 21.4. The van der Waals surface area contributed by atoms with Crippen molar-refractivity contribution < 1.29 is 14.3 Å². The number of hydrogen-bond donors (Lipinski definition) is 0. The Bertz CT molecular complexity index is 1020. The van der Waals surface area contributed by atoms with Crippen LogP contribution in [0.1, 0.15) is 53.6 Å². The second kappa shape index (κ2) is 11.9. The molecule has 6 nitrogen and oxygen atoms in total. The Labute approximate surface area is 215 Å². The molecule has 3 aliphatic rings. The minimum absolute atomic E-state index is 0.0327. The number of likely N-dealkylation sites (tertiary alicyclic amines) is 1. The lowest BCUT2D eigenvalue weighted by Gasteiger charge is -2.37. The summed E-state index contributed by atoms with van der Waals surface area (Å²) in [5, 5.41) is 0. The molecule has 6 heteroatoms. The van der Waals surface area contributed by atoms with Gasteiger partial charge in [0.25, 0.3) is 5.91 Å². The van der Waals surface area contributed by atoms with Gasteiger partial charge in [0.05, 0.1) is 6.61 Å². The molecule has 1 atom stereocenters. The first-order valence-electron chi connectivity index (χ1n) is 13.8. The highest BCUT2D eigenvalue weighted by molar-refractivity contribution is 5.94. The molecule has 2 aromatic carbocycles. The Morgan fingerprint density at radius 3 is 2.25 bits per heavy atom. The van der Waals surface area contributed by atoms with Gasteiger partial charge in [-0.05, 0) is 87.0 Å². The van der Waals surface area contributed by atoms with Gasteiger partial charge in [0, 0.05) is 44.2 Å². The molecule has 0 aromatic heterocycles. The number of benzene rings is 2. The Hall–Kier alpha value is -2.86. The van der Waals surface area contributed by atoms with Gasteiger partial charge in [0.1, 0.15) is 5.75 Å². The molecular weight excluding hydrogens is 450 g/mol. The summed E-state index contributed by atoms with van der Waals surface area (Å²) >= 11 is 0. The molecule has 2 saturated heterocycles. The lowest BCUT2D eigenvalue weighted by molar-refractivity contribution is -0.137. The second-order valence-electron chi connectivity index (χ2n) is 10.5. The third kappa shape index (κ3) is 6.09. The van der Waals surface area contributed by atoms with Crippen molar-refractivity contribution in [2.75, 3.05) is 52.4 Å². The number of carbonyl (C=O) groups excluding carboxylic acids is 2. The largest absolute Gasteiger partial charge is 0.494 e. The third-order valence-electron chi connectivity index (χ3n) is 8.01. The van der Waals surface area contributed by atoms with E-state index in [1.54, 1.807) is 0 Å². The first-order chi connectivity index (χ1) is 17.7. The highest BCUT2D eigenvalue weighted by Gasteiger charge is 2.31. The first-order valence-corrected chi connectivity index (χ1v) is 13.8. The van der Waals surface area contributed by atoms with Gasteiger partial charge < -0.3 is 19.4 Å². The van der Waals surface area contributed by atoms with E-state index in [9.17, 15) is 9.59 Å². The Morgan fingerprint density at radius 1 is 0.806 bits per heavy atom. The van der Waals surface area contributed by atoms with Gasteiger partial charge in [-0.1, -0.05) is 30.7 Å². The van der Waals surface area contributed by atoms with E-state index in [1.165, 1.54) is 43.5 Å². The van der Waals surface area contributed by atoms with E-state index in [2.05, 4.69) is 29.2 Å². The van der Waals surface area contributed by atoms with E-state index in [0.29, 0.717) is 38.3 Å². The molecule has 1 unspecified atom stereocenters. The van der Waals surface area contributed by atoms with Gasteiger partial charge in [-0.15, -0.1) is 0 Å². The van der Waals surface area contributed by atoms with E-state index < -0.39 is 0 Å². The summed E-state index contributed by atoms with van der Waals surface area (Å²) in [6.07, 6.45) is 7.75. The van der Waals surface area contributed by atoms with E-state index in [0.717, 1.165) is 38.0 Å². The molecule has 2 amide bonds. The van der Waals surface area contributed by atoms with Crippen molar-refractivity contribution in [2.24, 2.45) is 5.92 Å². The number of hydrogen-bond acceptors (Lipinski definition) is 4. The van der Waals surface area contributed by atoms with Crippen molar-refractivity contribution in [3.8, 4) is 5.75 Å². The fourth-order valence-corrected chi connectivity index (χ4v) is 5.83. The van der Waals surface area contributed by atoms with Crippen LogP contribution in [0.3, 0.4) is 0 Å². The normalized spacial score (nSPS) is 20.6. The van der Waals surface area contributed by atoms with Gasteiger partial charge in [0.15, 0.2) is 0 Å². The average molecular weight is 490 g/mol. The van der Waals surface area contributed by atoms with Gasteiger partial charge in [-0.25, -0.2) is 0 Å². The van der Waals surface area contributed by atoms with Gasteiger partial charge in [0.2, 0.25) is 5.91 Å². The molecule has 2 aromatic rings. The number of amides is 2. The SMILES string of the molecule is O=C(c1ccc(OCCCN2CCCCC2)cc1)N1CCN(C(=O)C2CCc3ccccc3C2)CC1. The predicted octanol–water partition coefficient (Wildman–Crippen LogP) is 4.03. The monoisotopic (exact) mass is 489 g/mol. The number of piperazine rings is 1. The number of nitrogens with zero attached hydrogens (tertiary/aromatic N) is 3. The van der Waals surface area contributed by atoms with Crippen LogP contribution >= 0.6 is 0 Å². The molecule has 2 heterocycles. The van der Waals surface area contributed by atoms with Crippen molar-refractivity contribution in [2.45, 2.75) is 44.9 Å². The zero-order valence-electron chi connectivity index (χ0n) is 21.4. The van der Waals surface area contributed by atoms with Crippen molar-refractivity contribution in [1.82, 2.24) is 14.7 Å². The van der Waals surface area contributed by atoms with Crippen LogP contribution in [-0.4, -0.2) is 78.9 Å². The van der Waals surface area contributed by atoms with Gasteiger partial charge in [-0.2, -0.15) is 0 Å². The molecule has 36 heavy (non-hydrogen) atoms. The Morgan fingerprint density at radius 2 is 1.50 bits per heavy atom. The summed E-state index contributed by atoms with van der Waals surface area (Å²) in [5.74, 6) is 1.16. The number of piperidine rings is 1. The molecule has 0 radical (unpaired) electrons. The first kappa shape index (κ1) is 24.8. The summed E-state index contributed by atoms with van der Waals surface area (Å²) in [4.78, 5) is 32.5. The van der Waals surface area contributed by atoms with Crippen LogP contribution in [0.5, 0.6) is 5.75 Å². The van der Waals surface area contributed by atoms with E-state index in [-0.39, 0.29) is 17.7 Å². The quantitative estimate of drug-likeness (QED) is 0.551. The van der Waals surface area contributed by atoms with Gasteiger partial charge in [-0.3, -0.25) is 9.59 Å². The maximum atomic E-state index is 13.2. The number of aryl methyl sites for hydroxylation is 1. The van der Waals surface area contributed by atoms with E-state index in [4.69, 9.17) is 4.74 Å². The standard InChI is InChI=1S/C30H39N3O3/c34-29(25-11-13-28(14-12-25)36-22-6-17-31-15-4-1-5-16-31)32-18-20-33(21-19-32)30(35)27-10-9-24-7-2-3-8-26(24)23-27/h2-3,7-8,11-14,27H,1,4-6,9-10,15-23H2. The fraction of sp³-hybridized carbons (Fsp3) is 0.533. The summed E-state index contributed by atoms with van der Waals surface area (Å²) in [7, 11) is 0. The van der Waals surface area contributed by atoms with Crippen LogP contribution < -0.4 is 4.74 Å². The maximum Gasteiger partial charge on any atom is 0.253 e. The minimum Gasteiger partial charge on any atom is -0.494 e. The third-order valence-corrected chi connectivity index (χ3v) is 8.01. The van der Waals surface area contributed by atoms with Crippen LogP contribution in [-0.2, 0) is 17.6 Å². The highest BCUT2D eigenvalue weighted by atomic mass is 16.5.